The Morgan fingerprint density at radius 3 is 2.53 bits per heavy atom. The Morgan fingerprint density at radius 2 is 1.95 bits per heavy atom. The van der Waals surface area contributed by atoms with Crippen molar-refractivity contribution in [2.24, 2.45) is 0 Å². The second-order valence-corrected chi connectivity index (χ2v) is 7.49. The highest BCUT2D eigenvalue weighted by Crippen LogP contribution is 2.31. The van der Waals surface area contributed by atoms with E-state index in [-0.39, 0.29) is 17.5 Å². The van der Waals surface area contributed by atoms with E-state index in [1.165, 1.54) is 0 Å². The van der Waals surface area contributed by atoms with E-state index in [4.69, 9.17) is 4.74 Å². The smallest absolute Gasteiger partial charge is 0.154 e. The number of rotatable bonds is 2. The molecule has 1 aromatic rings. The molecule has 0 aliphatic carbocycles. The molecule has 1 heterocycles. The first kappa shape index (κ1) is 14.2. The fourth-order valence-corrected chi connectivity index (χ4v) is 4.22. The summed E-state index contributed by atoms with van der Waals surface area (Å²) in [6.07, 6.45) is 0. The minimum atomic E-state index is -2.88. The van der Waals surface area contributed by atoms with Gasteiger partial charge in [-0.3, -0.25) is 0 Å². The molecule has 106 valence electrons. The zero-order chi connectivity index (χ0) is 14.2. The Bertz CT molecular complexity index is 581. The van der Waals surface area contributed by atoms with E-state index in [9.17, 15) is 8.42 Å². The van der Waals surface area contributed by atoms with Gasteiger partial charge in [-0.1, -0.05) is 0 Å². The van der Waals surface area contributed by atoms with Crippen molar-refractivity contribution in [3.63, 3.8) is 0 Å². The average Bonchev–Trinajstić information content (AvgIpc) is 2.31. The van der Waals surface area contributed by atoms with Crippen molar-refractivity contribution < 1.29 is 13.2 Å². The predicted octanol–water partition coefficient (Wildman–Crippen LogP) is 1.94. The van der Waals surface area contributed by atoms with E-state index >= 15 is 0 Å². The van der Waals surface area contributed by atoms with Crippen molar-refractivity contribution in [3.05, 3.63) is 23.3 Å². The van der Waals surface area contributed by atoms with Gasteiger partial charge in [0.25, 0.3) is 0 Å². The van der Waals surface area contributed by atoms with Crippen LogP contribution in [0.2, 0.25) is 0 Å². The number of ether oxygens (including phenoxy) is 1. The normalized spacial score (nSPS) is 22.3. The van der Waals surface area contributed by atoms with Crippen molar-refractivity contribution in [1.29, 1.82) is 0 Å². The number of aryl methyl sites for hydroxylation is 2. The van der Waals surface area contributed by atoms with Crippen LogP contribution < -0.4 is 9.64 Å². The molecule has 1 saturated heterocycles. The summed E-state index contributed by atoms with van der Waals surface area (Å²) in [7, 11) is -1.21. The largest absolute Gasteiger partial charge is 0.496 e. The zero-order valence-corrected chi connectivity index (χ0v) is 12.8. The highest BCUT2D eigenvalue weighted by Gasteiger charge is 2.29. The molecule has 1 atom stereocenters. The standard InChI is InChI=1S/C14H21NO3S/c1-10-8-14(18-4)11(2)7-13(10)15-5-6-19(16,17)9-12(15)3/h7-8,12H,5-6,9H2,1-4H3. The second kappa shape index (κ2) is 5.04. The number of anilines is 1. The van der Waals surface area contributed by atoms with Crippen molar-refractivity contribution in [2.45, 2.75) is 26.8 Å². The number of sulfone groups is 1. The number of hydrogen-bond donors (Lipinski definition) is 0. The molecular formula is C14H21NO3S. The number of nitrogens with zero attached hydrogens (tertiary/aromatic N) is 1. The summed E-state index contributed by atoms with van der Waals surface area (Å²) < 4.78 is 28.6. The molecule has 1 aliphatic heterocycles. The van der Waals surface area contributed by atoms with E-state index in [1.54, 1.807) is 7.11 Å². The van der Waals surface area contributed by atoms with Crippen LogP contribution in [0.3, 0.4) is 0 Å². The highest BCUT2D eigenvalue weighted by atomic mass is 32.2. The molecule has 1 aliphatic rings. The molecule has 5 heteroatoms. The van der Waals surface area contributed by atoms with Crippen LogP contribution in [0.25, 0.3) is 0 Å². The summed E-state index contributed by atoms with van der Waals surface area (Å²) >= 11 is 0. The van der Waals surface area contributed by atoms with E-state index in [1.807, 2.05) is 26.8 Å². The SMILES string of the molecule is COc1cc(C)c(N2CCS(=O)(=O)CC2C)cc1C. The van der Waals surface area contributed by atoms with Gasteiger partial charge in [0.2, 0.25) is 0 Å². The van der Waals surface area contributed by atoms with Crippen LogP contribution in [0, 0.1) is 13.8 Å². The number of benzene rings is 1. The summed E-state index contributed by atoms with van der Waals surface area (Å²) in [6, 6.07) is 4.12. The molecule has 0 saturated carbocycles. The first-order chi connectivity index (χ1) is 8.84. The molecule has 0 spiro atoms. The Hall–Kier alpha value is -1.23. The van der Waals surface area contributed by atoms with E-state index in [0.717, 1.165) is 22.6 Å². The Kier molecular flexibility index (Phi) is 3.76. The number of methoxy groups -OCH3 is 1. The van der Waals surface area contributed by atoms with Crippen molar-refractivity contribution >= 4 is 15.5 Å². The lowest BCUT2D eigenvalue weighted by molar-refractivity contribution is 0.411. The van der Waals surface area contributed by atoms with Crippen molar-refractivity contribution in [3.8, 4) is 5.75 Å². The molecule has 4 nitrogen and oxygen atoms in total. The Balaban J connectivity index is 2.35. The van der Waals surface area contributed by atoms with Crippen LogP contribution in [-0.2, 0) is 9.84 Å². The lowest BCUT2D eigenvalue weighted by atomic mass is 10.1. The number of hydrogen-bond acceptors (Lipinski definition) is 4. The third kappa shape index (κ3) is 2.86. The topological polar surface area (TPSA) is 46.6 Å². The minimum Gasteiger partial charge on any atom is -0.496 e. The van der Waals surface area contributed by atoms with Gasteiger partial charge >= 0.3 is 0 Å². The maximum Gasteiger partial charge on any atom is 0.154 e. The third-order valence-electron chi connectivity index (χ3n) is 3.69. The monoisotopic (exact) mass is 283 g/mol. The first-order valence-corrected chi connectivity index (χ1v) is 8.28. The van der Waals surface area contributed by atoms with E-state index < -0.39 is 9.84 Å². The van der Waals surface area contributed by atoms with Crippen LogP contribution >= 0.6 is 0 Å². The molecule has 0 bridgehead atoms. The minimum absolute atomic E-state index is 0.0187. The van der Waals surface area contributed by atoms with Gasteiger partial charge in [-0.25, -0.2) is 8.42 Å². The second-order valence-electron chi connectivity index (χ2n) is 5.27. The van der Waals surface area contributed by atoms with Gasteiger partial charge in [-0.15, -0.1) is 0 Å². The average molecular weight is 283 g/mol. The quantitative estimate of drug-likeness (QED) is 0.832. The maximum absolute atomic E-state index is 11.6. The molecule has 0 radical (unpaired) electrons. The summed E-state index contributed by atoms with van der Waals surface area (Å²) in [4.78, 5) is 2.18. The van der Waals surface area contributed by atoms with Gasteiger partial charge in [0.15, 0.2) is 9.84 Å². The molecule has 2 rings (SSSR count). The maximum atomic E-state index is 11.6. The molecule has 0 aromatic heterocycles. The van der Waals surface area contributed by atoms with Gasteiger partial charge in [0.1, 0.15) is 5.75 Å². The van der Waals surface area contributed by atoms with Crippen molar-refractivity contribution in [1.82, 2.24) is 0 Å². The molecule has 1 unspecified atom stereocenters. The first-order valence-electron chi connectivity index (χ1n) is 6.46. The molecule has 0 N–H and O–H groups in total. The zero-order valence-electron chi connectivity index (χ0n) is 11.9. The molecule has 0 amide bonds. The van der Waals surface area contributed by atoms with Gasteiger partial charge in [0, 0.05) is 18.3 Å². The summed E-state index contributed by atoms with van der Waals surface area (Å²) in [5.74, 6) is 1.35. The lowest BCUT2D eigenvalue weighted by Crippen LogP contribution is -2.47. The summed E-state index contributed by atoms with van der Waals surface area (Å²) in [5.41, 5.74) is 3.30. The lowest BCUT2D eigenvalue weighted by Gasteiger charge is -2.36. The van der Waals surface area contributed by atoms with Gasteiger partial charge in [-0.2, -0.15) is 0 Å². The summed E-state index contributed by atoms with van der Waals surface area (Å²) in [5, 5.41) is 0. The van der Waals surface area contributed by atoms with Crippen LogP contribution in [0.5, 0.6) is 5.75 Å². The van der Waals surface area contributed by atoms with Crippen LogP contribution in [0.4, 0.5) is 5.69 Å². The van der Waals surface area contributed by atoms with E-state index in [0.29, 0.717) is 6.54 Å². The fraction of sp³-hybridized carbons (Fsp3) is 0.571. The van der Waals surface area contributed by atoms with Crippen LogP contribution in [-0.4, -0.2) is 39.6 Å². The van der Waals surface area contributed by atoms with Gasteiger partial charge in [-0.05, 0) is 44.0 Å². The molecule has 19 heavy (non-hydrogen) atoms. The Labute approximate surface area is 115 Å². The van der Waals surface area contributed by atoms with Crippen LogP contribution in [0.1, 0.15) is 18.1 Å². The fourth-order valence-electron chi connectivity index (χ4n) is 2.66. The van der Waals surface area contributed by atoms with Gasteiger partial charge < -0.3 is 9.64 Å². The van der Waals surface area contributed by atoms with Crippen molar-refractivity contribution in [2.75, 3.05) is 30.1 Å². The summed E-state index contributed by atoms with van der Waals surface area (Å²) in [6.45, 7) is 6.58. The molecular weight excluding hydrogens is 262 g/mol. The molecule has 1 fully saturated rings. The third-order valence-corrected chi connectivity index (χ3v) is 5.49. The Morgan fingerprint density at radius 1 is 1.26 bits per heavy atom. The van der Waals surface area contributed by atoms with Gasteiger partial charge in [0.05, 0.1) is 18.6 Å². The highest BCUT2D eigenvalue weighted by molar-refractivity contribution is 7.91. The predicted molar refractivity (Wildman–Crippen MR) is 77.9 cm³/mol. The molecule has 1 aromatic carbocycles. The van der Waals surface area contributed by atoms with Crippen LogP contribution in [0.15, 0.2) is 12.1 Å². The van der Waals surface area contributed by atoms with E-state index in [2.05, 4.69) is 11.0 Å².